The lowest BCUT2D eigenvalue weighted by molar-refractivity contribution is 0.573. The van der Waals surface area contributed by atoms with E-state index in [-0.39, 0.29) is 11.6 Å². The molecule has 0 unspecified atom stereocenters. The standard InChI is InChI=1S/C16H16F3N/c1-4-11-5-6-12(17)16(20-11)15-13(18)7-10(9(2)3)8-14(15)19/h5-9H,4H2,1-3H3. The molecular weight excluding hydrogens is 263 g/mol. The third kappa shape index (κ3) is 2.69. The van der Waals surface area contributed by atoms with Crippen LogP contribution in [0.4, 0.5) is 13.2 Å². The molecule has 0 N–H and O–H groups in total. The third-order valence-electron chi connectivity index (χ3n) is 3.23. The van der Waals surface area contributed by atoms with E-state index in [1.807, 2.05) is 20.8 Å². The second kappa shape index (κ2) is 5.65. The Morgan fingerprint density at radius 3 is 2.10 bits per heavy atom. The van der Waals surface area contributed by atoms with Crippen molar-refractivity contribution in [2.45, 2.75) is 33.1 Å². The Morgan fingerprint density at radius 1 is 1.00 bits per heavy atom. The number of hydrogen-bond acceptors (Lipinski definition) is 1. The van der Waals surface area contributed by atoms with Crippen molar-refractivity contribution in [1.29, 1.82) is 0 Å². The highest BCUT2D eigenvalue weighted by atomic mass is 19.1. The lowest BCUT2D eigenvalue weighted by atomic mass is 9.99. The van der Waals surface area contributed by atoms with E-state index in [0.717, 1.165) is 0 Å². The molecule has 20 heavy (non-hydrogen) atoms. The molecule has 2 rings (SSSR count). The van der Waals surface area contributed by atoms with Gasteiger partial charge in [-0.2, -0.15) is 0 Å². The Bertz CT molecular complexity index is 613. The SMILES string of the molecule is CCc1ccc(F)c(-c2c(F)cc(C(C)C)cc2F)n1. The minimum absolute atomic E-state index is 0.00664. The molecule has 0 radical (unpaired) electrons. The van der Waals surface area contributed by atoms with Crippen LogP contribution in [0.15, 0.2) is 24.3 Å². The van der Waals surface area contributed by atoms with E-state index >= 15 is 0 Å². The Morgan fingerprint density at radius 2 is 1.60 bits per heavy atom. The third-order valence-corrected chi connectivity index (χ3v) is 3.23. The Labute approximate surface area is 116 Å². The van der Waals surface area contributed by atoms with Gasteiger partial charge in [-0.25, -0.2) is 18.2 Å². The van der Waals surface area contributed by atoms with Crippen molar-refractivity contribution in [3.05, 3.63) is 53.0 Å². The number of pyridine rings is 1. The average molecular weight is 279 g/mol. The van der Waals surface area contributed by atoms with E-state index in [2.05, 4.69) is 4.98 Å². The van der Waals surface area contributed by atoms with Crippen LogP contribution in [0.5, 0.6) is 0 Å². The fourth-order valence-corrected chi connectivity index (χ4v) is 2.01. The molecule has 1 heterocycles. The van der Waals surface area contributed by atoms with Gasteiger partial charge in [0.15, 0.2) is 0 Å². The van der Waals surface area contributed by atoms with Gasteiger partial charge in [0.25, 0.3) is 0 Å². The molecule has 0 saturated heterocycles. The number of halogens is 3. The maximum Gasteiger partial charge on any atom is 0.149 e. The van der Waals surface area contributed by atoms with Gasteiger partial charge in [0.1, 0.15) is 23.1 Å². The molecule has 0 saturated carbocycles. The summed E-state index contributed by atoms with van der Waals surface area (Å²) in [4.78, 5) is 4.00. The highest BCUT2D eigenvalue weighted by Gasteiger charge is 2.19. The zero-order chi connectivity index (χ0) is 14.9. The van der Waals surface area contributed by atoms with E-state index in [1.165, 1.54) is 24.3 Å². The normalized spacial score (nSPS) is 11.2. The molecule has 0 atom stereocenters. The number of hydrogen-bond donors (Lipinski definition) is 0. The van der Waals surface area contributed by atoms with Gasteiger partial charge in [-0.3, -0.25) is 0 Å². The summed E-state index contributed by atoms with van der Waals surface area (Å²) in [7, 11) is 0. The summed E-state index contributed by atoms with van der Waals surface area (Å²) in [5, 5.41) is 0. The lowest BCUT2D eigenvalue weighted by Crippen LogP contribution is -2.01. The van der Waals surface area contributed by atoms with Crippen molar-refractivity contribution in [2.75, 3.05) is 0 Å². The number of aromatic nitrogens is 1. The highest BCUT2D eigenvalue weighted by Crippen LogP contribution is 2.30. The molecule has 0 aliphatic rings. The van der Waals surface area contributed by atoms with E-state index < -0.39 is 23.0 Å². The summed E-state index contributed by atoms with van der Waals surface area (Å²) in [6.07, 6.45) is 0.570. The van der Waals surface area contributed by atoms with Gasteiger partial charge in [-0.05, 0) is 42.2 Å². The van der Waals surface area contributed by atoms with Crippen molar-refractivity contribution in [1.82, 2.24) is 4.98 Å². The van der Waals surface area contributed by atoms with E-state index in [4.69, 9.17) is 0 Å². The Kier molecular flexibility index (Phi) is 4.12. The van der Waals surface area contributed by atoms with Crippen molar-refractivity contribution in [3.8, 4) is 11.3 Å². The van der Waals surface area contributed by atoms with Crippen LogP contribution in [0, 0.1) is 17.5 Å². The van der Waals surface area contributed by atoms with Crippen LogP contribution in [-0.2, 0) is 6.42 Å². The van der Waals surface area contributed by atoms with E-state index in [9.17, 15) is 13.2 Å². The van der Waals surface area contributed by atoms with Crippen molar-refractivity contribution < 1.29 is 13.2 Å². The first-order valence-electron chi connectivity index (χ1n) is 6.58. The molecule has 1 aromatic heterocycles. The summed E-state index contributed by atoms with van der Waals surface area (Å²) < 4.78 is 42.1. The molecular formula is C16H16F3N. The van der Waals surface area contributed by atoms with Crippen LogP contribution < -0.4 is 0 Å². The molecule has 0 amide bonds. The minimum atomic E-state index is -0.784. The molecule has 1 nitrogen and oxygen atoms in total. The summed E-state index contributed by atoms with van der Waals surface area (Å²) in [6, 6.07) is 5.18. The molecule has 106 valence electrons. The van der Waals surface area contributed by atoms with Gasteiger partial charge in [0.2, 0.25) is 0 Å². The minimum Gasteiger partial charge on any atom is -0.250 e. The second-order valence-corrected chi connectivity index (χ2v) is 5.00. The fourth-order valence-electron chi connectivity index (χ4n) is 2.01. The summed E-state index contributed by atoms with van der Waals surface area (Å²) in [5.41, 5.74) is 0.459. The number of rotatable bonds is 3. The van der Waals surface area contributed by atoms with Crippen molar-refractivity contribution in [3.63, 3.8) is 0 Å². The quantitative estimate of drug-likeness (QED) is 0.782. The van der Waals surface area contributed by atoms with Crippen LogP contribution in [0.25, 0.3) is 11.3 Å². The first-order chi connectivity index (χ1) is 9.43. The first-order valence-corrected chi connectivity index (χ1v) is 6.58. The maximum absolute atomic E-state index is 14.1. The first kappa shape index (κ1) is 14.6. The number of benzene rings is 1. The van der Waals surface area contributed by atoms with Gasteiger partial charge in [0.05, 0.1) is 5.56 Å². The summed E-state index contributed by atoms with van der Waals surface area (Å²) in [6.45, 7) is 5.52. The maximum atomic E-state index is 14.1. The van der Waals surface area contributed by atoms with Gasteiger partial charge in [-0.1, -0.05) is 20.8 Å². The average Bonchev–Trinajstić information content (AvgIpc) is 2.39. The van der Waals surface area contributed by atoms with E-state index in [0.29, 0.717) is 17.7 Å². The lowest BCUT2D eigenvalue weighted by Gasteiger charge is -2.11. The Hall–Kier alpha value is -1.84. The largest absolute Gasteiger partial charge is 0.250 e. The zero-order valence-corrected chi connectivity index (χ0v) is 11.7. The molecule has 0 aliphatic heterocycles. The highest BCUT2D eigenvalue weighted by molar-refractivity contribution is 5.62. The van der Waals surface area contributed by atoms with Crippen LogP contribution in [-0.4, -0.2) is 4.98 Å². The zero-order valence-electron chi connectivity index (χ0n) is 11.7. The van der Waals surface area contributed by atoms with Crippen LogP contribution >= 0.6 is 0 Å². The molecule has 2 aromatic rings. The van der Waals surface area contributed by atoms with Gasteiger partial charge in [-0.15, -0.1) is 0 Å². The molecule has 0 bridgehead atoms. The van der Waals surface area contributed by atoms with Gasteiger partial charge >= 0.3 is 0 Å². The molecule has 0 spiro atoms. The van der Waals surface area contributed by atoms with Crippen LogP contribution in [0.2, 0.25) is 0 Å². The van der Waals surface area contributed by atoms with Gasteiger partial charge in [0, 0.05) is 5.69 Å². The fraction of sp³-hybridized carbons (Fsp3) is 0.312. The molecule has 1 aromatic carbocycles. The predicted molar refractivity (Wildman–Crippen MR) is 73.0 cm³/mol. The smallest absolute Gasteiger partial charge is 0.149 e. The van der Waals surface area contributed by atoms with Crippen molar-refractivity contribution >= 4 is 0 Å². The summed E-state index contributed by atoms with van der Waals surface area (Å²) in [5.74, 6) is -2.30. The van der Waals surface area contributed by atoms with Crippen LogP contribution in [0.1, 0.15) is 37.9 Å². The van der Waals surface area contributed by atoms with Crippen LogP contribution in [0.3, 0.4) is 0 Å². The Balaban J connectivity index is 2.64. The second-order valence-electron chi connectivity index (χ2n) is 5.00. The predicted octanol–water partition coefficient (Wildman–Crippen LogP) is 4.85. The van der Waals surface area contributed by atoms with Gasteiger partial charge < -0.3 is 0 Å². The molecule has 0 fully saturated rings. The topological polar surface area (TPSA) is 12.9 Å². The number of aryl methyl sites for hydroxylation is 1. The van der Waals surface area contributed by atoms with Crippen molar-refractivity contribution in [2.24, 2.45) is 0 Å². The van der Waals surface area contributed by atoms with E-state index in [1.54, 1.807) is 0 Å². The molecule has 4 heteroatoms. The monoisotopic (exact) mass is 279 g/mol. The number of nitrogens with zero attached hydrogens (tertiary/aromatic N) is 1. The molecule has 0 aliphatic carbocycles. The summed E-state index contributed by atoms with van der Waals surface area (Å²) >= 11 is 0.